The lowest BCUT2D eigenvalue weighted by atomic mass is 9.78. The van der Waals surface area contributed by atoms with E-state index < -0.39 is 0 Å². The number of hydrogen-bond acceptors (Lipinski definition) is 3. The predicted molar refractivity (Wildman–Crippen MR) is 101 cm³/mol. The summed E-state index contributed by atoms with van der Waals surface area (Å²) in [4.78, 5) is 14.6. The van der Waals surface area contributed by atoms with E-state index in [2.05, 4.69) is 0 Å². The molecule has 5 heteroatoms. The molecule has 3 aliphatic rings. The zero-order valence-corrected chi connectivity index (χ0v) is 16.2. The number of ether oxygens (including phenoxy) is 2. The van der Waals surface area contributed by atoms with Gasteiger partial charge in [0.1, 0.15) is 5.82 Å². The van der Waals surface area contributed by atoms with Crippen LogP contribution in [-0.4, -0.2) is 49.3 Å². The van der Waals surface area contributed by atoms with E-state index in [0.29, 0.717) is 30.1 Å². The Labute approximate surface area is 161 Å². The molecule has 4 nitrogen and oxygen atoms in total. The van der Waals surface area contributed by atoms with E-state index in [1.54, 1.807) is 19.1 Å². The molecule has 148 valence electrons. The Morgan fingerprint density at radius 3 is 2.78 bits per heavy atom. The van der Waals surface area contributed by atoms with Crippen LogP contribution in [0.1, 0.15) is 54.4 Å². The summed E-state index contributed by atoms with van der Waals surface area (Å²) in [5.41, 5.74) is 0.903. The first kappa shape index (κ1) is 18.9. The van der Waals surface area contributed by atoms with Gasteiger partial charge in [-0.15, -0.1) is 0 Å². The molecule has 4 rings (SSSR count). The fraction of sp³-hybridized carbons (Fsp3) is 0.682. The summed E-state index contributed by atoms with van der Waals surface area (Å²) in [6.45, 7) is 5.60. The van der Waals surface area contributed by atoms with E-state index in [0.717, 1.165) is 51.4 Å². The third-order valence-electron chi connectivity index (χ3n) is 6.58. The Hall–Kier alpha value is -1.46. The second-order valence-corrected chi connectivity index (χ2v) is 8.46. The summed E-state index contributed by atoms with van der Waals surface area (Å²) in [7, 11) is 0. The van der Waals surface area contributed by atoms with Crippen molar-refractivity contribution in [2.45, 2.75) is 51.0 Å². The highest BCUT2D eigenvalue weighted by Crippen LogP contribution is 2.42. The molecule has 0 aromatic heterocycles. The molecule has 1 spiro atoms. The summed E-state index contributed by atoms with van der Waals surface area (Å²) >= 11 is 0. The molecule has 1 aliphatic carbocycles. The first-order chi connectivity index (χ1) is 13.1. The van der Waals surface area contributed by atoms with Gasteiger partial charge in [-0.1, -0.05) is 6.07 Å². The van der Waals surface area contributed by atoms with Crippen molar-refractivity contribution in [3.63, 3.8) is 0 Å². The van der Waals surface area contributed by atoms with Gasteiger partial charge in [0.25, 0.3) is 5.91 Å². The standard InChI is InChI=1S/C22H30FNO3/c1-16-2-5-18(14-20(16)23)21(25)24-10-8-22(9-11-24)19(7-13-27-22)6-12-26-15-17-3-4-17/h2,5,14,17,19H,3-4,6-13,15H2,1H3. The summed E-state index contributed by atoms with van der Waals surface area (Å²) < 4.78 is 25.8. The zero-order valence-electron chi connectivity index (χ0n) is 16.2. The molecule has 1 saturated carbocycles. The minimum atomic E-state index is -0.320. The highest BCUT2D eigenvalue weighted by Gasteiger charge is 2.46. The minimum Gasteiger partial charge on any atom is -0.381 e. The Kier molecular flexibility index (Phi) is 5.51. The van der Waals surface area contributed by atoms with Gasteiger partial charge in [-0.05, 0) is 75.0 Å². The lowest BCUT2D eigenvalue weighted by Crippen LogP contribution is -2.49. The van der Waals surface area contributed by atoms with Crippen LogP contribution in [0.2, 0.25) is 0 Å². The molecule has 1 atom stereocenters. The van der Waals surface area contributed by atoms with Crippen molar-refractivity contribution < 1.29 is 18.7 Å². The Balaban J connectivity index is 1.31. The van der Waals surface area contributed by atoms with Crippen molar-refractivity contribution in [3.8, 4) is 0 Å². The van der Waals surface area contributed by atoms with Crippen LogP contribution in [0.15, 0.2) is 18.2 Å². The molecule has 2 saturated heterocycles. The van der Waals surface area contributed by atoms with Crippen molar-refractivity contribution in [2.24, 2.45) is 11.8 Å². The number of hydrogen-bond donors (Lipinski definition) is 0. The molecule has 1 amide bonds. The predicted octanol–water partition coefficient (Wildman–Crippen LogP) is 3.96. The number of benzene rings is 1. The molecule has 1 aromatic rings. The first-order valence-electron chi connectivity index (χ1n) is 10.3. The third kappa shape index (κ3) is 4.19. The second-order valence-electron chi connectivity index (χ2n) is 8.46. The SMILES string of the molecule is Cc1ccc(C(=O)N2CCC3(CC2)OCCC3CCOCC2CC2)cc1F. The third-order valence-corrected chi connectivity index (χ3v) is 6.58. The monoisotopic (exact) mass is 375 g/mol. The minimum absolute atomic E-state index is 0.0777. The fourth-order valence-corrected chi connectivity index (χ4v) is 4.50. The normalized spacial score (nSPS) is 24.5. The van der Waals surface area contributed by atoms with Gasteiger partial charge in [-0.25, -0.2) is 4.39 Å². The van der Waals surface area contributed by atoms with E-state index in [9.17, 15) is 9.18 Å². The van der Waals surface area contributed by atoms with E-state index in [-0.39, 0.29) is 17.3 Å². The van der Waals surface area contributed by atoms with E-state index in [1.807, 2.05) is 4.90 Å². The Morgan fingerprint density at radius 2 is 2.07 bits per heavy atom. The molecular weight excluding hydrogens is 345 g/mol. The van der Waals surface area contributed by atoms with Crippen LogP contribution in [0.4, 0.5) is 4.39 Å². The maximum atomic E-state index is 13.8. The van der Waals surface area contributed by atoms with Gasteiger partial charge in [0, 0.05) is 38.5 Å². The van der Waals surface area contributed by atoms with Crippen molar-refractivity contribution >= 4 is 5.91 Å². The number of piperidine rings is 1. The van der Waals surface area contributed by atoms with Crippen LogP contribution in [0.3, 0.4) is 0 Å². The highest BCUT2D eigenvalue weighted by molar-refractivity contribution is 5.94. The molecule has 27 heavy (non-hydrogen) atoms. The number of carbonyl (C=O) groups excluding carboxylic acids is 1. The van der Waals surface area contributed by atoms with Crippen LogP contribution in [0.5, 0.6) is 0 Å². The Bertz CT molecular complexity index is 680. The summed E-state index contributed by atoms with van der Waals surface area (Å²) in [5.74, 6) is 0.927. The number of halogens is 1. The van der Waals surface area contributed by atoms with Crippen LogP contribution < -0.4 is 0 Å². The van der Waals surface area contributed by atoms with Crippen molar-refractivity contribution in [3.05, 3.63) is 35.1 Å². The molecule has 1 unspecified atom stereocenters. The summed E-state index contributed by atoms with van der Waals surface area (Å²) in [5, 5.41) is 0. The maximum absolute atomic E-state index is 13.8. The average molecular weight is 375 g/mol. The molecule has 2 heterocycles. The van der Waals surface area contributed by atoms with Crippen molar-refractivity contribution in [1.29, 1.82) is 0 Å². The van der Waals surface area contributed by atoms with E-state index >= 15 is 0 Å². The molecule has 0 N–H and O–H groups in total. The number of likely N-dealkylation sites (tertiary alicyclic amines) is 1. The largest absolute Gasteiger partial charge is 0.381 e. The van der Waals surface area contributed by atoms with Crippen LogP contribution in [0, 0.1) is 24.6 Å². The lowest BCUT2D eigenvalue weighted by molar-refractivity contribution is -0.0672. The van der Waals surface area contributed by atoms with E-state index in [1.165, 1.54) is 18.9 Å². The number of rotatable bonds is 6. The molecule has 2 aliphatic heterocycles. The number of nitrogens with zero attached hydrogens (tertiary/aromatic N) is 1. The summed E-state index contributed by atoms with van der Waals surface area (Å²) in [6, 6.07) is 4.75. The van der Waals surface area contributed by atoms with E-state index in [4.69, 9.17) is 9.47 Å². The smallest absolute Gasteiger partial charge is 0.253 e. The van der Waals surface area contributed by atoms with Gasteiger partial charge >= 0.3 is 0 Å². The van der Waals surface area contributed by atoms with Gasteiger partial charge in [0.05, 0.1) is 5.60 Å². The molecule has 3 fully saturated rings. The van der Waals surface area contributed by atoms with Gasteiger partial charge in [-0.3, -0.25) is 4.79 Å². The number of aryl methyl sites for hydroxylation is 1. The van der Waals surface area contributed by atoms with Gasteiger partial charge in [0.2, 0.25) is 0 Å². The average Bonchev–Trinajstić information content (AvgIpc) is 3.43. The first-order valence-corrected chi connectivity index (χ1v) is 10.3. The van der Waals surface area contributed by atoms with Crippen LogP contribution >= 0.6 is 0 Å². The van der Waals surface area contributed by atoms with Gasteiger partial charge in [0.15, 0.2) is 0 Å². The number of amides is 1. The zero-order chi connectivity index (χ0) is 18.9. The number of carbonyl (C=O) groups is 1. The second kappa shape index (κ2) is 7.88. The lowest BCUT2D eigenvalue weighted by Gasteiger charge is -2.42. The van der Waals surface area contributed by atoms with Crippen molar-refractivity contribution in [1.82, 2.24) is 4.90 Å². The fourth-order valence-electron chi connectivity index (χ4n) is 4.50. The molecule has 0 bridgehead atoms. The summed E-state index contributed by atoms with van der Waals surface area (Å²) in [6.07, 6.45) is 6.50. The molecular formula is C22H30FNO3. The Morgan fingerprint density at radius 1 is 1.30 bits per heavy atom. The van der Waals surface area contributed by atoms with Crippen LogP contribution in [0.25, 0.3) is 0 Å². The van der Waals surface area contributed by atoms with Gasteiger partial charge < -0.3 is 14.4 Å². The quantitative estimate of drug-likeness (QED) is 0.707. The van der Waals surface area contributed by atoms with Gasteiger partial charge in [-0.2, -0.15) is 0 Å². The topological polar surface area (TPSA) is 38.8 Å². The highest BCUT2D eigenvalue weighted by atomic mass is 19.1. The van der Waals surface area contributed by atoms with Crippen molar-refractivity contribution in [2.75, 3.05) is 32.9 Å². The molecule has 1 aromatic carbocycles. The van der Waals surface area contributed by atoms with Crippen LogP contribution in [-0.2, 0) is 9.47 Å². The maximum Gasteiger partial charge on any atom is 0.253 e. The molecule has 0 radical (unpaired) electrons.